The van der Waals surface area contributed by atoms with E-state index in [4.69, 9.17) is 0 Å². The predicted octanol–water partition coefficient (Wildman–Crippen LogP) is 1.35. The van der Waals surface area contributed by atoms with Crippen LogP contribution in [0.1, 0.15) is 29.4 Å². The first kappa shape index (κ1) is 13.8. The number of nitrogens with zero attached hydrogens (tertiary/aromatic N) is 1. The highest BCUT2D eigenvalue weighted by Gasteiger charge is 2.25. The molecule has 2 aromatic rings. The molecule has 1 aromatic carbocycles. The van der Waals surface area contributed by atoms with Crippen molar-refractivity contribution in [2.24, 2.45) is 0 Å². The van der Waals surface area contributed by atoms with Gasteiger partial charge in [-0.3, -0.25) is 4.79 Å². The molecule has 1 aromatic heterocycles. The van der Waals surface area contributed by atoms with Crippen LogP contribution in [0.2, 0.25) is 0 Å². The monoisotopic (exact) mass is 284 g/mol. The second-order valence-corrected chi connectivity index (χ2v) is 5.27. The summed E-state index contributed by atoms with van der Waals surface area (Å²) in [4.78, 5) is 19.6. The molecule has 1 aliphatic rings. The van der Waals surface area contributed by atoms with Crippen LogP contribution in [-0.4, -0.2) is 29.0 Å². The van der Waals surface area contributed by atoms with Crippen LogP contribution in [0.15, 0.2) is 36.7 Å². The van der Waals surface area contributed by atoms with Gasteiger partial charge in [0.25, 0.3) is 0 Å². The topological polar surface area (TPSA) is 69.8 Å². The number of nitrogens with one attached hydrogen (secondary N) is 3. The number of H-pyrrole nitrogens is 1. The molecule has 0 spiro atoms. The van der Waals surface area contributed by atoms with Crippen molar-refractivity contribution in [3.8, 4) is 0 Å². The molecular formula is C16H20N4O. The number of aromatic amines is 1. The summed E-state index contributed by atoms with van der Waals surface area (Å²) in [5.74, 6) is 1.02. The number of carbonyl (C=O) groups is 1. The summed E-state index contributed by atoms with van der Waals surface area (Å²) in [5, 5.41) is 6.31. The average molecular weight is 284 g/mol. The van der Waals surface area contributed by atoms with Crippen LogP contribution in [0.3, 0.4) is 0 Å². The van der Waals surface area contributed by atoms with E-state index in [1.807, 2.05) is 24.4 Å². The smallest absolute Gasteiger partial charge is 0.241 e. The van der Waals surface area contributed by atoms with Gasteiger partial charge in [0.2, 0.25) is 5.91 Å². The molecule has 2 heterocycles. The van der Waals surface area contributed by atoms with Crippen LogP contribution in [0.4, 0.5) is 0 Å². The van der Waals surface area contributed by atoms with E-state index in [0.717, 1.165) is 37.2 Å². The quantitative estimate of drug-likeness (QED) is 0.726. The van der Waals surface area contributed by atoms with Gasteiger partial charge in [0.1, 0.15) is 11.9 Å². The highest BCUT2D eigenvalue weighted by Crippen LogP contribution is 2.22. The first-order valence-electron chi connectivity index (χ1n) is 7.42. The standard InChI is InChI=1S/C16H20N4O/c21-16(20-8-3-6-14-17-10-11-18-14)15-13-5-2-1-4-12(13)7-9-19-15/h1-2,4-5,10-11,15,19H,3,6-9H2,(H,17,18)(H,20,21). The molecule has 1 amide bonds. The molecule has 0 saturated carbocycles. The fraction of sp³-hybridized carbons (Fsp3) is 0.375. The summed E-state index contributed by atoms with van der Waals surface area (Å²) in [6, 6.07) is 7.94. The third-order valence-corrected chi connectivity index (χ3v) is 3.82. The van der Waals surface area contributed by atoms with E-state index >= 15 is 0 Å². The molecule has 0 aliphatic carbocycles. The minimum absolute atomic E-state index is 0.0570. The van der Waals surface area contributed by atoms with E-state index in [-0.39, 0.29) is 11.9 Å². The Morgan fingerprint density at radius 2 is 2.29 bits per heavy atom. The Labute approximate surface area is 124 Å². The maximum Gasteiger partial charge on any atom is 0.241 e. The van der Waals surface area contributed by atoms with Crippen LogP contribution in [0.5, 0.6) is 0 Å². The number of hydrogen-bond donors (Lipinski definition) is 3. The summed E-state index contributed by atoms with van der Waals surface area (Å²) >= 11 is 0. The predicted molar refractivity (Wildman–Crippen MR) is 80.8 cm³/mol. The third kappa shape index (κ3) is 3.31. The highest BCUT2D eigenvalue weighted by atomic mass is 16.2. The summed E-state index contributed by atoms with van der Waals surface area (Å²) in [6.07, 6.45) is 6.28. The lowest BCUT2D eigenvalue weighted by Gasteiger charge is -2.26. The number of rotatable bonds is 5. The maximum atomic E-state index is 12.3. The Bertz CT molecular complexity index is 594. The van der Waals surface area contributed by atoms with Crippen molar-refractivity contribution in [2.45, 2.75) is 25.3 Å². The van der Waals surface area contributed by atoms with E-state index in [9.17, 15) is 4.79 Å². The van der Waals surface area contributed by atoms with Crippen molar-refractivity contribution >= 4 is 5.91 Å². The van der Waals surface area contributed by atoms with Gasteiger partial charge in [-0.05, 0) is 24.0 Å². The Balaban J connectivity index is 1.52. The molecule has 5 heteroatoms. The molecule has 3 N–H and O–H groups in total. The van der Waals surface area contributed by atoms with Crippen LogP contribution >= 0.6 is 0 Å². The van der Waals surface area contributed by atoms with Crippen molar-refractivity contribution in [1.82, 2.24) is 20.6 Å². The van der Waals surface area contributed by atoms with Crippen LogP contribution in [-0.2, 0) is 17.6 Å². The van der Waals surface area contributed by atoms with Crippen LogP contribution in [0, 0.1) is 0 Å². The summed E-state index contributed by atoms with van der Waals surface area (Å²) in [7, 11) is 0. The van der Waals surface area contributed by atoms with Crippen molar-refractivity contribution in [3.05, 3.63) is 53.6 Å². The lowest BCUT2D eigenvalue weighted by molar-refractivity contribution is -0.123. The first-order valence-corrected chi connectivity index (χ1v) is 7.42. The fourth-order valence-electron chi connectivity index (χ4n) is 2.74. The van der Waals surface area contributed by atoms with Gasteiger partial charge in [-0.2, -0.15) is 0 Å². The molecule has 1 aliphatic heterocycles. The van der Waals surface area contributed by atoms with Gasteiger partial charge in [0, 0.05) is 31.9 Å². The first-order chi connectivity index (χ1) is 10.3. The number of amides is 1. The minimum atomic E-state index is -0.224. The van der Waals surface area contributed by atoms with Crippen molar-refractivity contribution < 1.29 is 4.79 Å². The van der Waals surface area contributed by atoms with E-state index in [1.165, 1.54) is 5.56 Å². The number of imidazole rings is 1. The molecule has 0 fully saturated rings. The van der Waals surface area contributed by atoms with Gasteiger partial charge in [-0.25, -0.2) is 4.98 Å². The minimum Gasteiger partial charge on any atom is -0.354 e. The van der Waals surface area contributed by atoms with Gasteiger partial charge in [0.15, 0.2) is 0 Å². The van der Waals surface area contributed by atoms with Crippen LogP contribution in [0.25, 0.3) is 0 Å². The maximum absolute atomic E-state index is 12.3. The molecular weight excluding hydrogens is 264 g/mol. The zero-order valence-electron chi connectivity index (χ0n) is 11.9. The molecule has 21 heavy (non-hydrogen) atoms. The fourth-order valence-corrected chi connectivity index (χ4v) is 2.74. The number of hydrogen-bond acceptors (Lipinski definition) is 3. The molecule has 110 valence electrons. The van der Waals surface area contributed by atoms with E-state index < -0.39 is 0 Å². The second-order valence-electron chi connectivity index (χ2n) is 5.27. The molecule has 0 saturated heterocycles. The second kappa shape index (κ2) is 6.54. The zero-order chi connectivity index (χ0) is 14.5. The number of aryl methyl sites for hydroxylation is 1. The Kier molecular flexibility index (Phi) is 4.31. The SMILES string of the molecule is O=C(NCCCc1ncc[nH]1)C1NCCc2ccccc21. The van der Waals surface area contributed by atoms with Gasteiger partial charge in [-0.1, -0.05) is 24.3 Å². The largest absolute Gasteiger partial charge is 0.354 e. The molecule has 0 bridgehead atoms. The highest BCUT2D eigenvalue weighted by molar-refractivity contribution is 5.83. The summed E-state index contributed by atoms with van der Waals surface area (Å²) < 4.78 is 0. The van der Waals surface area contributed by atoms with E-state index in [0.29, 0.717) is 6.54 Å². The average Bonchev–Trinajstić information content (AvgIpc) is 3.04. The van der Waals surface area contributed by atoms with Crippen molar-refractivity contribution in [1.29, 1.82) is 0 Å². The molecule has 1 atom stereocenters. The Hall–Kier alpha value is -2.14. The van der Waals surface area contributed by atoms with Crippen molar-refractivity contribution in [2.75, 3.05) is 13.1 Å². The van der Waals surface area contributed by atoms with E-state index in [1.54, 1.807) is 6.20 Å². The number of carbonyl (C=O) groups excluding carboxylic acids is 1. The van der Waals surface area contributed by atoms with Gasteiger partial charge < -0.3 is 15.6 Å². The van der Waals surface area contributed by atoms with Crippen LogP contribution < -0.4 is 10.6 Å². The van der Waals surface area contributed by atoms with Gasteiger partial charge in [-0.15, -0.1) is 0 Å². The summed E-state index contributed by atoms with van der Waals surface area (Å²) in [5.41, 5.74) is 2.37. The van der Waals surface area contributed by atoms with Gasteiger partial charge in [0.05, 0.1) is 0 Å². The normalized spacial score (nSPS) is 17.2. The van der Waals surface area contributed by atoms with Gasteiger partial charge >= 0.3 is 0 Å². The number of benzene rings is 1. The Morgan fingerprint density at radius 1 is 1.38 bits per heavy atom. The number of fused-ring (bicyclic) bond motifs is 1. The van der Waals surface area contributed by atoms with E-state index in [2.05, 4.69) is 26.7 Å². The molecule has 1 unspecified atom stereocenters. The summed E-state index contributed by atoms with van der Waals surface area (Å²) in [6.45, 7) is 1.52. The zero-order valence-corrected chi connectivity index (χ0v) is 11.9. The Morgan fingerprint density at radius 3 is 3.14 bits per heavy atom. The third-order valence-electron chi connectivity index (χ3n) is 3.82. The lowest BCUT2D eigenvalue weighted by Crippen LogP contribution is -2.41. The lowest BCUT2D eigenvalue weighted by atomic mass is 9.94. The molecule has 3 rings (SSSR count). The van der Waals surface area contributed by atoms with Crippen molar-refractivity contribution in [3.63, 3.8) is 0 Å². The number of aromatic nitrogens is 2. The molecule has 0 radical (unpaired) electrons. The molecule has 5 nitrogen and oxygen atoms in total.